The number of rotatable bonds is 5. The van der Waals surface area contributed by atoms with Crippen molar-refractivity contribution < 1.29 is 4.74 Å². The van der Waals surface area contributed by atoms with E-state index in [0.717, 1.165) is 30.1 Å². The first-order valence-electron chi connectivity index (χ1n) is 7.50. The van der Waals surface area contributed by atoms with Gasteiger partial charge in [-0.2, -0.15) is 4.98 Å². The van der Waals surface area contributed by atoms with Crippen LogP contribution in [-0.2, 0) is 12.4 Å². The van der Waals surface area contributed by atoms with Crippen LogP contribution < -0.4 is 4.74 Å². The molecule has 1 fully saturated rings. The molecule has 1 aliphatic rings. The Morgan fingerprint density at radius 3 is 2.67 bits per heavy atom. The number of alkyl halides is 1. The molecule has 2 aromatic rings. The Balaban J connectivity index is 1.84. The molecule has 0 atom stereocenters. The molecule has 3 heterocycles. The highest BCUT2D eigenvalue weighted by molar-refractivity contribution is 6.16. The van der Waals surface area contributed by atoms with Gasteiger partial charge in [-0.25, -0.2) is 4.98 Å². The van der Waals surface area contributed by atoms with Crippen LogP contribution >= 0.6 is 11.6 Å². The van der Waals surface area contributed by atoms with Crippen LogP contribution in [0.1, 0.15) is 25.1 Å². The Morgan fingerprint density at radius 1 is 1.14 bits per heavy atom. The minimum Gasteiger partial charge on any atom is -0.481 e. The molecule has 0 amide bonds. The van der Waals surface area contributed by atoms with Gasteiger partial charge in [-0.15, -0.1) is 11.6 Å². The van der Waals surface area contributed by atoms with E-state index in [1.807, 2.05) is 12.1 Å². The fourth-order valence-corrected chi connectivity index (χ4v) is 3.11. The molecule has 0 bridgehead atoms. The van der Waals surface area contributed by atoms with Gasteiger partial charge >= 0.3 is 0 Å². The fraction of sp³-hybridized carbons (Fsp3) is 0.600. The van der Waals surface area contributed by atoms with Crippen molar-refractivity contribution in [2.75, 3.05) is 26.7 Å². The first-order chi connectivity index (χ1) is 10.3. The first-order valence-corrected chi connectivity index (χ1v) is 8.03. The monoisotopic (exact) mass is 308 g/mol. The summed E-state index contributed by atoms with van der Waals surface area (Å²) in [5.74, 6) is 1.89. The van der Waals surface area contributed by atoms with Gasteiger partial charge in [0, 0.05) is 19.2 Å². The Morgan fingerprint density at radius 2 is 1.95 bits per heavy atom. The molecule has 0 radical (unpaired) electrons. The largest absolute Gasteiger partial charge is 0.481 e. The smallest absolute Gasteiger partial charge is 0.215 e. The Hall–Kier alpha value is -1.33. The van der Waals surface area contributed by atoms with E-state index < -0.39 is 0 Å². The van der Waals surface area contributed by atoms with Crippen molar-refractivity contribution in [2.45, 2.75) is 31.7 Å². The van der Waals surface area contributed by atoms with Crippen molar-refractivity contribution in [1.82, 2.24) is 19.4 Å². The molecular weight excluding hydrogens is 288 g/mol. The van der Waals surface area contributed by atoms with E-state index >= 15 is 0 Å². The van der Waals surface area contributed by atoms with Crippen LogP contribution in [0.4, 0.5) is 0 Å². The zero-order valence-corrected chi connectivity index (χ0v) is 13.1. The molecule has 0 unspecified atom stereocenters. The van der Waals surface area contributed by atoms with Gasteiger partial charge in [-0.1, -0.05) is 6.42 Å². The van der Waals surface area contributed by atoms with E-state index in [4.69, 9.17) is 16.3 Å². The molecular formula is C15H21ClN4O. The van der Waals surface area contributed by atoms with Gasteiger partial charge in [-0.05, 0) is 32.0 Å². The maximum Gasteiger partial charge on any atom is 0.215 e. The van der Waals surface area contributed by atoms with Crippen LogP contribution in [0.3, 0.4) is 0 Å². The highest BCUT2D eigenvalue weighted by Gasteiger charge is 2.15. The third kappa shape index (κ3) is 3.14. The number of imidazole rings is 1. The third-order valence-electron chi connectivity index (χ3n) is 4.06. The highest BCUT2D eigenvalue weighted by Crippen LogP contribution is 2.19. The Bertz CT molecular complexity index is 607. The molecule has 3 rings (SSSR count). The Kier molecular flexibility index (Phi) is 4.60. The molecule has 0 aromatic carbocycles. The predicted octanol–water partition coefficient (Wildman–Crippen LogP) is 2.66. The topological polar surface area (TPSA) is 43.2 Å². The van der Waals surface area contributed by atoms with Gasteiger partial charge in [-0.3, -0.25) is 0 Å². The standard InChI is InChI=1S/C15H21ClN4O/c1-21-14-6-5-12-15(18-14)20(13(11-16)17-12)10-9-19-7-3-2-4-8-19/h5-6H,2-4,7-11H2,1H3. The number of likely N-dealkylation sites (tertiary alicyclic amines) is 1. The van der Waals surface area contributed by atoms with Crippen molar-refractivity contribution in [3.63, 3.8) is 0 Å². The summed E-state index contributed by atoms with van der Waals surface area (Å²) in [6.07, 6.45) is 3.97. The zero-order chi connectivity index (χ0) is 14.7. The van der Waals surface area contributed by atoms with Gasteiger partial charge in [0.05, 0.1) is 13.0 Å². The summed E-state index contributed by atoms with van der Waals surface area (Å²) in [5, 5.41) is 0. The van der Waals surface area contributed by atoms with Gasteiger partial charge in [0.15, 0.2) is 5.65 Å². The number of pyridine rings is 1. The lowest BCUT2D eigenvalue weighted by atomic mass is 10.1. The lowest BCUT2D eigenvalue weighted by Crippen LogP contribution is -2.32. The van der Waals surface area contributed by atoms with Crippen LogP contribution in [0, 0.1) is 0 Å². The van der Waals surface area contributed by atoms with E-state index in [0.29, 0.717) is 11.8 Å². The van der Waals surface area contributed by atoms with E-state index in [2.05, 4.69) is 19.4 Å². The number of hydrogen-bond donors (Lipinski definition) is 0. The second-order valence-electron chi connectivity index (χ2n) is 5.41. The number of ether oxygens (including phenoxy) is 1. The summed E-state index contributed by atoms with van der Waals surface area (Å²) in [7, 11) is 1.63. The number of fused-ring (bicyclic) bond motifs is 1. The van der Waals surface area contributed by atoms with E-state index in [-0.39, 0.29) is 0 Å². The van der Waals surface area contributed by atoms with Crippen LogP contribution in [0.5, 0.6) is 5.88 Å². The highest BCUT2D eigenvalue weighted by atomic mass is 35.5. The van der Waals surface area contributed by atoms with Crippen LogP contribution in [0.15, 0.2) is 12.1 Å². The molecule has 1 saturated heterocycles. The molecule has 0 aliphatic carbocycles. The summed E-state index contributed by atoms with van der Waals surface area (Å²) in [6.45, 7) is 4.28. The van der Waals surface area contributed by atoms with Crippen molar-refractivity contribution in [3.05, 3.63) is 18.0 Å². The lowest BCUT2D eigenvalue weighted by Gasteiger charge is -2.26. The van der Waals surface area contributed by atoms with Crippen molar-refractivity contribution in [1.29, 1.82) is 0 Å². The van der Waals surface area contributed by atoms with Gasteiger partial charge < -0.3 is 14.2 Å². The molecule has 114 valence electrons. The van der Waals surface area contributed by atoms with E-state index in [1.165, 1.54) is 32.4 Å². The molecule has 21 heavy (non-hydrogen) atoms. The maximum absolute atomic E-state index is 6.04. The quantitative estimate of drug-likeness (QED) is 0.797. The fourth-order valence-electron chi connectivity index (χ4n) is 2.91. The maximum atomic E-state index is 6.04. The molecule has 0 spiro atoms. The molecule has 1 aliphatic heterocycles. The molecule has 0 saturated carbocycles. The summed E-state index contributed by atoms with van der Waals surface area (Å²) in [6, 6.07) is 3.77. The van der Waals surface area contributed by atoms with Crippen molar-refractivity contribution >= 4 is 22.8 Å². The van der Waals surface area contributed by atoms with E-state index in [1.54, 1.807) is 7.11 Å². The van der Waals surface area contributed by atoms with Crippen LogP contribution in [0.2, 0.25) is 0 Å². The van der Waals surface area contributed by atoms with Crippen LogP contribution in [0.25, 0.3) is 11.2 Å². The number of piperidine rings is 1. The summed E-state index contributed by atoms with van der Waals surface area (Å²) in [5.41, 5.74) is 1.74. The third-order valence-corrected chi connectivity index (χ3v) is 4.30. The second-order valence-corrected chi connectivity index (χ2v) is 5.68. The Labute approximate surface area is 129 Å². The molecule has 5 nitrogen and oxygen atoms in total. The lowest BCUT2D eigenvalue weighted by molar-refractivity contribution is 0.221. The van der Waals surface area contributed by atoms with Gasteiger partial charge in [0.25, 0.3) is 0 Å². The number of nitrogens with zero attached hydrogens (tertiary/aromatic N) is 4. The summed E-state index contributed by atoms with van der Waals surface area (Å²) >= 11 is 6.04. The predicted molar refractivity (Wildman–Crippen MR) is 83.9 cm³/mol. The summed E-state index contributed by atoms with van der Waals surface area (Å²) in [4.78, 5) is 11.6. The van der Waals surface area contributed by atoms with E-state index in [9.17, 15) is 0 Å². The second kappa shape index (κ2) is 6.62. The average molecular weight is 309 g/mol. The average Bonchev–Trinajstić information content (AvgIpc) is 2.90. The normalized spacial score (nSPS) is 16.5. The minimum absolute atomic E-state index is 0.401. The number of hydrogen-bond acceptors (Lipinski definition) is 4. The van der Waals surface area contributed by atoms with Crippen molar-refractivity contribution in [2.24, 2.45) is 0 Å². The molecule has 6 heteroatoms. The number of methoxy groups -OCH3 is 1. The zero-order valence-electron chi connectivity index (χ0n) is 12.4. The molecule has 0 N–H and O–H groups in total. The van der Waals surface area contributed by atoms with Crippen LogP contribution in [-0.4, -0.2) is 46.2 Å². The molecule has 2 aromatic heterocycles. The van der Waals surface area contributed by atoms with Gasteiger partial charge in [0.2, 0.25) is 5.88 Å². The number of halogens is 1. The van der Waals surface area contributed by atoms with Gasteiger partial charge in [0.1, 0.15) is 11.3 Å². The van der Waals surface area contributed by atoms with Crippen molar-refractivity contribution in [3.8, 4) is 5.88 Å². The minimum atomic E-state index is 0.401. The first kappa shape index (κ1) is 14.6. The SMILES string of the molecule is COc1ccc2nc(CCl)n(CCN3CCCCC3)c2n1. The number of aromatic nitrogens is 3. The summed E-state index contributed by atoms with van der Waals surface area (Å²) < 4.78 is 7.34.